The molecule has 0 saturated carbocycles. The van der Waals surface area contributed by atoms with E-state index >= 15 is 0 Å². The van der Waals surface area contributed by atoms with Crippen LogP contribution in [0, 0.1) is 0 Å². The minimum absolute atomic E-state index is 0.441. The van der Waals surface area contributed by atoms with E-state index in [1.54, 1.807) is 0 Å². The highest BCUT2D eigenvalue weighted by Gasteiger charge is 2.21. The Balaban J connectivity index is 1.76. The summed E-state index contributed by atoms with van der Waals surface area (Å²) >= 11 is 5.20. The average molecular weight is 304 g/mol. The Morgan fingerprint density at radius 1 is 1.43 bits per heavy atom. The molecule has 0 aromatic carbocycles. The molecule has 3 N–H and O–H groups in total. The number of nitrogens with one attached hydrogen (secondary N) is 1. The molecule has 0 spiro atoms. The van der Waals surface area contributed by atoms with Gasteiger partial charge in [0.05, 0.1) is 5.56 Å². The fraction of sp³-hybridized carbons (Fsp3) is 0.625. The van der Waals surface area contributed by atoms with Gasteiger partial charge in [0, 0.05) is 18.3 Å². The second-order valence-electron chi connectivity index (χ2n) is 6.22. The van der Waals surface area contributed by atoms with Crippen LogP contribution in [0.3, 0.4) is 0 Å². The number of nitrogens with two attached hydrogens (primary N) is 1. The lowest BCUT2D eigenvalue weighted by Gasteiger charge is -2.32. The Bertz CT molecular complexity index is 543. The van der Waals surface area contributed by atoms with Crippen molar-refractivity contribution in [3.8, 4) is 0 Å². The third kappa shape index (κ3) is 3.19. The van der Waals surface area contributed by atoms with Crippen molar-refractivity contribution in [2.45, 2.75) is 44.6 Å². The van der Waals surface area contributed by atoms with Gasteiger partial charge in [0.25, 0.3) is 0 Å². The number of fused-ring (bicyclic) bond motifs is 1. The Kier molecular flexibility index (Phi) is 4.40. The first-order valence-corrected chi connectivity index (χ1v) is 8.32. The van der Waals surface area contributed by atoms with E-state index in [2.05, 4.69) is 23.3 Å². The lowest BCUT2D eigenvalue weighted by Crippen LogP contribution is -2.41. The van der Waals surface area contributed by atoms with Crippen LogP contribution in [0.25, 0.3) is 0 Å². The predicted octanol–water partition coefficient (Wildman–Crippen LogP) is 2.10. The standard InChI is InChI=1S/C16H24N4S/c1-20-8-3-2-6-12(20)10-18-16-13(15(17)21)9-11-5-4-7-14(11)19-16/h9,12H,2-8,10H2,1H3,(H2,17,21)(H,18,19). The fourth-order valence-electron chi connectivity index (χ4n) is 3.41. The maximum Gasteiger partial charge on any atom is 0.136 e. The van der Waals surface area contributed by atoms with Crippen LogP contribution in [0.4, 0.5) is 5.82 Å². The van der Waals surface area contributed by atoms with Gasteiger partial charge in [0.2, 0.25) is 0 Å². The van der Waals surface area contributed by atoms with Crippen molar-refractivity contribution in [2.24, 2.45) is 5.73 Å². The van der Waals surface area contributed by atoms with Crippen LogP contribution < -0.4 is 11.1 Å². The number of likely N-dealkylation sites (tertiary alicyclic amines) is 1. The molecule has 2 aliphatic rings. The zero-order valence-electron chi connectivity index (χ0n) is 12.7. The molecule has 114 valence electrons. The molecule has 0 radical (unpaired) electrons. The first kappa shape index (κ1) is 14.7. The smallest absolute Gasteiger partial charge is 0.136 e. The number of aromatic nitrogens is 1. The summed E-state index contributed by atoms with van der Waals surface area (Å²) in [7, 11) is 2.20. The molecule has 1 aliphatic carbocycles. The summed E-state index contributed by atoms with van der Waals surface area (Å²) in [6.07, 6.45) is 7.23. The summed E-state index contributed by atoms with van der Waals surface area (Å²) in [5.74, 6) is 0.877. The summed E-state index contributed by atoms with van der Waals surface area (Å²) in [6, 6.07) is 2.72. The van der Waals surface area contributed by atoms with Crippen LogP contribution in [-0.2, 0) is 12.8 Å². The molecular formula is C16H24N4S. The number of likely N-dealkylation sites (N-methyl/N-ethyl adjacent to an activating group) is 1. The van der Waals surface area contributed by atoms with E-state index in [1.807, 2.05) is 0 Å². The number of hydrogen-bond donors (Lipinski definition) is 2. The molecule has 3 rings (SSSR count). The summed E-state index contributed by atoms with van der Waals surface area (Å²) < 4.78 is 0. The van der Waals surface area contributed by atoms with Gasteiger partial charge in [-0.1, -0.05) is 18.6 Å². The normalized spacial score (nSPS) is 22.0. The number of aryl methyl sites for hydroxylation is 2. The zero-order chi connectivity index (χ0) is 14.8. The molecule has 1 unspecified atom stereocenters. The average Bonchev–Trinajstić information content (AvgIpc) is 2.92. The van der Waals surface area contributed by atoms with E-state index in [1.165, 1.54) is 43.5 Å². The zero-order valence-corrected chi connectivity index (χ0v) is 13.5. The first-order chi connectivity index (χ1) is 10.1. The van der Waals surface area contributed by atoms with E-state index in [0.717, 1.165) is 30.8 Å². The quantitative estimate of drug-likeness (QED) is 0.834. The summed E-state index contributed by atoms with van der Waals surface area (Å²) in [6.45, 7) is 2.10. The summed E-state index contributed by atoms with van der Waals surface area (Å²) in [4.78, 5) is 7.66. The molecule has 4 nitrogen and oxygen atoms in total. The number of hydrogen-bond acceptors (Lipinski definition) is 4. The lowest BCUT2D eigenvalue weighted by atomic mass is 10.0. The maximum atomic E-state index is 5.89. The molecular weight excluding hydrogens is 280 g/mol. The van der Waals surface area contributed by atoms with Crippen molar-refractivity contribution in [3.63, 3.8) is 0 Å². The Labute approximate surface area is 132 Å². The van der Waals surface area contributed by atoms with E-state index in [9.17, 15) is 0 Å². The largest absolute Gasteiger partial charge is 0.389 e. The van der Waals surface area contributed by atoms with E-state index < -0.39 is 0 Å². The van der Waals surface area contributed by atoms with Gasteiger partial charge in [0.15, 0.2) is 0 Å². The highest BCUT2D eigenvalue weighted by molar-refractivity contribution is 7.80. The van der Waals surface area contributed by atoms with Crippen LogP contribution in [0.5, 0.6) is 0 Å². The van der Waals surface area contributed by atoms with Gasteiger partial charge in [0.1, 0.15) is 10.8 Å². The SMILES string of the molecule is CN1CCCCC1CNc1nc2c(cc1C(N)=S)CCC2. The molecule has 1 atom stereocenters. The summed E-state index contributed by atoms with van der Waals surface area (Å²) in [5, 5.41) is 3.50. The van der Waals surface area contributed by atoms with Gasteiger partial charge in [-0.3, -0.25) is 0 Å². The van der Waals surface area contributed by atoms with Gasteiger partial charge in [-0.2, -0.15) is 0 Å². The minimum atomic E-state index is 0.441. The van der Waals surface area contributed by atoms with Crippen LogP contribution >= 0.6 is 12.2 Å². The maximum absolute atomic E-state index is 5.89. The Morgan fingerprint density at radius 2 is 2.29 bits per heavy atom. The molecule has 1 fully saturated rings. The van der Waals surface area contributed by atoms with Gasteiger partial charge < -0.3 is 16.0 Å². The molecule has 1 aromatic heterocycles. The van der Waals surface area contributed by atoms with Crippen LogP contribution in [0.15, 0.2) is 6.07 Å². The number of nitrogens with zero attached hydrogens (tertiary/aromatic N) is 2. The van der Waals surface area contributed by atoms with Crippen LogP contribution in [0.1, 0.15) is 42.5 Å². The molecule has 1 aromatic rings. The van der Waals surface area contributed by atoms with Crippen molar-refractivity contribution in [2.75, 3.05) is 25.5 Å². The molecule has 1 saturated heterocycles. The van der Waals surface area contributed by atoms with Gasteiger partial charge in [-0.05, 0) is 57.3 Å². The highest BCUT2D eigenvalue weighted by atomic mass is 32.1. The molecule has 0 amide bonds. The van der Waals surface area contributed by atoms with Crippen LogP contribution in [-0.4, -0.2) is 41.1 Å². The number of rotatable bonds is 4. The number of anilines is 1. The number of thiocarbonyl (C=S) groups is 1. The van der Waals surface area contributed by atoms with Crippen molar-refractivity contribution in [3.05, 3.63) is 22.9 Å². The van der Waals surface area contributed by atoms with Gasteiger partial charge >= 0.3 is 0 Å². The van der Waals surface area contributed by atoms with E-state index in [4.69, 9.17) is 22.9 Å². The number of pyridine rings is 1. The second-order valence-corrected chi connectivity index (χ2v) is 6.66. The fourth-order valence-corrected chi connectivity index (χ4v) is 3.57. The lowest BCUT2D eigenvalue weighted by molar-refractivity contribution is 0.194. The topological polar surface area (TPSA) is 54.2 Å². The van der Waals surface area contributed by atoms with Crippen LogP contribution in [0.2, 0.25) is 0 Å². The molecule has 21 heavy (non-hydrogen) atoms. The Morgan fingerprint density at radius 3 is 3.05 bits per heavy atom. The number of piperidine rings is 1. The Hall–Kier alpha value is -1.20. The van der Waals surface area contributed by atoms with E-state index in [0.29, 0.717) is 11.0 Å². The van der Waals surface area contributed by atoms with Crippen molar-refractivity contribution >= 4 is 23.0 Å². The van der Waals surface area contributed by atoms with Gasteiger partial charge in [-0.15, -0.1) is 0 Å². The second kappa shape index (κ2) is 6.28. The van der Waals surface area contributed by atoms with E-state index in [-0.39, 0.29) is 0 Å². The van der Waals surface area contributed by atoms with Crippen molar-refractivity contribution < 1.29 is 0 Å². The first-order valence-electron chi connectivity index (χ1n) is 7.92. The monoisotopic (exact) mass is 304 g/mol. The van der Waals surface area contributed by atoms with Crippen molar-refractivity contribution in [1.29, 1.82) is 0 Å². The third-order valence-electron chi connectivity index (χ3n) is 4.74. The molecule has 1 aliphatic heterocycles. The third-order valence-corrected chi connectivity index (χ3v) is 4.96. The highest BCUT2D eigenvalue weighted by Crippen LogP contribution is 2.26. The molecule has 2 heterocycles. The summed E-state index contributed by atoms with van der Waals surface area (Å²) in [5.41, 5.74) is 9.33. The molecule has 0 bridgehead atoms. The predicted molar refractivity (Wildman–Crippen MR) is 90.9 cm³/mol. The minimum Gasteiger partial charge on any atom is -0.389 e. The van der Waals surface area contributed by atoms with Gasteiger partial charge in [-0.25, -0.2) is 4.98 Å². The van der Waals surface area contributed by atoms with Crippen molar-refractivity contribution in [1.82, 2.24) is 9.88 Å². The molecule has 5 heteroatoms.